The summed E-state index contributed by atoms with van der Waals surface area (Å²) in [5, 5.41) is 4.19. The van der Waals surface area contributed by atoms with Crippen molar-refractivity contribution in [3.05, 3.63) is 30.6 Å². The molecule has 4 heterocycles. The number of rotatable bonds is 3. The van der Waals surface area contributed by atoms with Crippen molar-refractivity contribution in [1.29, 1.82) is 0 Å². The quantitative estimate of drug-likeness (QED) is 0.758. The summed E-state index contributed by atoms with van der Waals surface area (Å²) < 4.78 is 3.70. The average Bonchev–Trinajstić information content (AvgIpc) is 3.32. The molecule has 9 heteroatoms. The van der Waals surface area contributed by atoms with Crippen LogP contribution in [-0.4, -0.2) is 72.7 Å². The molecule has 2 aliphatic rings. The molecular formula is C18H25N7O2. The predicted molar refractivity (Wildman–Crippen MR) is 98.8 cm³/mol. The van der Waals surface area contributed by atoms with E-state index >= 15 is 0 Å². The fourth-order valence-corrected chi connectivity index (χ4v) is 4.26. The van der Waals surface area contributed by atoms with Crippen LogP contribution in [0.3, 0.4) is 0 Å². The number of likely N-dealkylation sites (tertiary alicyclic amines) is 1. The molecule has 2 aliphatic heterocycles. The number of imidazole rings is 1. The average molecular weight is 371 g/mol. The maximum Gasteiger partial charge on any atom is 0.246 e. The Kier molecular flexibility index (Phi) is 4.26. The zero-order valence-corrected chi connectivity index (χ0v) is 16.0. The summed E-state index contributed by atoms with van der Waals surface area (Å²) in [7, 11) is 3.82. The highest BCUT2D eigenvalue weighted by molar-refractivity contribution is 5.98. The first kappa shape index (κ1) is 17.7. The Morgan fingerprint density at radius 1 is 1.30 bits per heavy atom. The molecular weight excluding hydrogens is 346 g/mol. The van der Waals surface area contributed by atoms with Gasteiger partial charge in [-0.3, -0.25) is 19.2 Å². The lowest BCUT2D eigenvalue weighted by Crippen LogP contribution is -2.66. The lowest BCUT2D eigenvalue weighted by Gasteiger charge is -2.48. The van der Waals surface area contributed by atoms with Gasteiger partial charge in [0, 0.05) is 52.7 Å². The Morgan fingerprint density at radius 3 is 2.74 bits per heavy atom. The molecule has 2 amide bonds. The first-order valence-electron chi connectivity index (χ1n) is 9.14. The first-order valence-corrected chi connectivity index (χ1v) is 9.14. The third-order valence-electron chi connectivity index (χ3n) is 5.70. The van der Waals surface area contributed by atoms with Gasteiger partial charge in [-0.2, -0.15) is 5.10 Å². The summed E-state index contributed by atoms with van der Waals surface area (Å²) in [4.78, 5) is 35.3. The Labute approximate surface area is 158 Å². The second-order valence-electron chi connectivity index (χ2n) is 7.60. The van der Waals surface area contributed by atoms with E-state index in [-0.39, 0.29) is 23.9 Å². The summed E-state index contributed by atoms with van der Waals surface area (Å²) in [6.45, 7) is 4.48. The van der Waals surface area contributed by atoms with E-state index in [1.807, 2.05) is 31.1 Å². The van der Waals surface area contributed by atoms with Crippen molar-refractivity contribution >= 4 is 17.5 Å². The topological polar surface area (TPSA) is 79.5 Å². The van der Waals surface area contributed by atoms with E-state index in [0.29, 0.717) is 6.54 Å². The molecule has 0 bridgehead atoms. The molecule has 2 saturated heterocycles. The van der Waals surface area contributed by atoms with Crippen molar-refractivity contribution in [3.63, 3.8) is 0 Å². The highest BCUT2D eigenvalue weighted by Crippen LogP contribution is 2.34. The van der Waals surface area contributed by atoms with Gasteiger partial charge in [-0.15, -0.1) is 0 Å². The summed E-state index contributed by atoms with van der Waals surface area (Å²) in [6.07, 6.45) is 8.12. The van der Waals surface area contributed by atoms with Crippen LogP contribution in [0.5, 0.6) is 0 Å². The van der Waals surface area contributed by atoms with Gasteiger partial charge in [0.1, 0.15) is 12.4 Å². The molecule has 0 radical (unpaired) electrons. The van der Waals surface area contributed by atoms with Crippen LogP contribution in [-0.2, 0) is 30.2 Å². The molecule has 9 nitrogen and oxygen atoms in total. The van der Waals surface area contributed by atoms with Gasteiger partial charge in [-0.25, -0.2) is 4.98 Å². The fraction of sp³-hybridized carbons (Fsp3) is 0.556. The minimum Gasteiger partial charge on any atom is -0.337 e. The fourth-order valence-electron chi connectivity index (χ4n) is 4.26. The van der Waals surface area contributed by atoms with Crippen molar-refractivity contribution in [2.24, 2.45) is 14.1 Å². The van der Waals surface area contributed by atoms with E-state index in [1.54, 1.807) is 33.8 Å². The normalized spacial score (nSPS) is 23.6. The second-order valence-corrected chi connectivity index (χ2v) is 7.60. The lowest BCUT2D eigenvalue weighted by molar-refractivity contribution is -0.142. The van der Waals surface area contributed by atoms with Crippen molar-refractivity contribution < 1.29 is 9.59 Å². The monoisotopic (exact) mass is 371 g/mol. The summed E-state index contributed by atoms with van der Waals surface area (Å²) in [5.74, 6) is 0.886. The number of aromatic nitrogens is 4. The Bertz CT molecular complexity index is 873. The number of amides is 2. The van der Waals surface area contributed by atoms with Gasteiger partial charge >= 0.3 is 0 Å². The predicted octanol–water partition coefficient (Wildman–Crippen LogP) is -0.00660. The van der Waals surface area contributed by atoms with Gasteiger partial charge in [-0.1, -0.05) is 0 Å². The van der Waals surface area contributed by atoms with Gasteiger partial charge in [-0.05, 0) is 6.42 Å². The van der Waals surface area contributed by atoms with E-state index in [4.69, 9.17) is 0 Å². The molecule has 4 rings (SSSR count). The maximum absolute atomic E-state index is 12.7. The van der Waals surface area contributed by atoms with Crippen molar-refractivity contribution in [2.75, 3.05) is 31.1 Å². The molecule has 0 aromatic carbocycles. The van der Waals surface area contributed by atoms with Crippen LogP contribution in [0.1, 0.15) is 19.2 Å². The van der Waals surface area contributed by atoms with Crippen LogP contribution in [0, 0.1) is 0 Å². The van der Waals surface area contributed by atoms with Gasteiger partial charge in [0.25, 0.3) is 0 Å². The number of aryl methyl sites for hydroxylation is 2. The van der Waals surface area contributed by atoms with E-state index in [2.05, 4.69) is 15.0 Å². The highest BCUT2D eigenvalue weighted by atomic mass is 16.2. The summed E-state index contributed by atoms with van der Waals surface area (Å²) in [6, 6.07) is 0. The maximum atomic E-state index is 12.7. The van der Waals surface area contributed by atoms with Crippen molar-refractivity contribution in [2.45, 2.75) is 25.4 Å². The van der Waals surface area contributed by atoms with Crippen LogP contribution in [0.25, 0.3) is 0 Å². The van der Waals surface area contributed by atoms with Gasteiger partial charge in [0.2, 0.25) is 11.8 Å². The molecule has 27 heavy (non-hydrogen) atoms. The van der Waals surface area contributed by atoms with Gasteiger partial charge in [0.15, 0.2) is 0 Å². The molecule has 0 saturated carbocycles. The number of anilines is 1. The van der Waals surface area contributed by atoms with E-state index in [9.17, 15) is 9.59 Å². The van der Waals surface area contributed by atoms with Gasteiger partial charge < -0.3 is 14.4 Å². The Hall–Kier alpha value is -2.68. The molecule has 1 unspecified atom stereocenters. The number of hydrogen-bond acceptors (Lipinski definition) is 5. The van der Waals surface area contributed by atoms with Crippen LogP contribution in [0.4, 0.5) is 5.69 Å². The number of carbonyl (C=O) groups is 2. The third kappa shape index (κ3) is 3.12. The highest BCUT2D eigenvalue weighted by Gasteiger charge is 2.50. The number of carbonyl (C=O) groups excluding carboxylic acids is 2. The molecule has 1 spiro atoms. The summed E-state index contributed by atoms with van der Waals surface area (Å²) in [5.41, 5.74) is 0.411. The number of nitrogens with zero attached hydrogens (tertiary/aromatic N) is 7. The SMILES string of the molecule is CC(=O)N1CC(=O)N(c2cnn(C)c2)CC12CCN(Cc1nccn1C)C2. The Balaban J connectivity index is 1.58. The molecule has 0 aliphatic carbocycles. The number of piperazine rings is 1. The zero-order chi connectivity index (χ0) is 19.2. The third-order valence-corrected chi connectivity index (χ3v) is 5.70. The van der Waals surface area contributed by atoms with Gasteiger partial charge in [0.05, 0.1) is 30.5 Å². The smallest absolute Gasteiger partial charge is 0.246 e. The molecule has 0 N–H and O–H groups in total. The molecule has 2 fully saturated rings. The largest absolute Gasteiger partial charge is 0.337 e. The lowest BCUT2D eigenvalue weighted by atomic mass is 9.92. The summed E-state index contributed by atoms with van der Waals surface area (Å²) >= 11 is 0. The number of hydrogen-bond donors (Lipinski definition) is 0. The van der Waals surface area contributed by atoms with Crippen LogP contribution < -0.4 is 4.90 Å². The van der Waals surface area contributed by atoms with Crippen molar-refractivity contribution in [1.82, 2.24) is 29.1 Å². The standard InChI is InChI=1S/C18H25N7O2/c1-14(26)25-11-17(27)24(15-8-20-22(3)9-15)13-18(25)4-6-23(12-18)10-16-19-5-7-21(16)2/h5,7-9H,4,6,10-13H2,1-3H3. The molecule has 144 valence electrons. The molecule has 2 aromatic heterocycles. The minimum atomic E-state index is -0.374. The molecule has 2 aromatic rings. The van der Waals surface area contributed by atoms with Crippen LogP contribution >= 0.6 is 0 Å². The second kappa shape index (κ2) is 6.49. The van der Waals surface area contributed by atoms with Crippen LogP contribution in [0.2, 0.25) is 0 Å². The minimum absolute atomic E-state index is 0.0481. The van der Waals surface area contributed by atoms with E-state index in [0.717, 1.165) is 37.6 Å². The first-order chi connectivity index (χ1) is 12.9. The zero-order valence-electron chi connectivity index (χ0n) is 16.0. The van der Waals surface area contributed by atoms with Crippen molar-refractivity contribution in [3.8, 4) is 0 Å². The molecule has 1 atom stereocenters. The Morgan fingerprint density at radius 2 is 2.11 bits per heavy atom. The van der Waals surface area contributed by atoms with E-state index in [1.165, 1.54) is 0 Å². The van der Waals surface area contributed by atoms with E-state index < -0.39 is 0 Å². The van der Waals surface area contributed by atoms with Crippen LogP contribution in [0.15, 0.2) is 24.8 Å².